The Morgan fingerprint density at radius 1 is 1.10 bits per heavy atom. The summed E-state index contributed by atoms with van der Waals surface area (Å²) in [5.41, 5.74) is 9.54. The molecule has 3 aromatic rings. The van der Waals surface area contributed by atoms with E-state index in [0.29, 0.717) is 0 Å². The van der Waals surface area contributed by atoms with Crippen molar-refractivity contribution in [2.45, 2.75) is 12.5 Å². The molecule has 3 heteroatoms. The molecule has 0 spiro atoms. The lowest BCUT2D eigenvalue weighted by atomic mass is 9.99. The van der Waals surface area contributed by atoms with E-state index in [0.717, 1.165) is 34.2 Å². The molecule has 0 saturated carbocycles. The molecule has 3 nitrogen and oxygen atoms in total. The van der Waals surface area contributed by atoms with Gasteiger partial charge in [0.15, 0.2) is 0 Å². The Balaban J connectivity index is 1.84. The van der Waals surface area contributed by atoms with Crippen LogP contribution in [0.4, 0.5) is 0 Å². The number of ether oxygens (including phenoxy) is 1. The Morgan fingerprint density at radius 3 is 2.81 bits per heavy atom. The molecule has 0 radical (unpaired) electrons. The predicted molar refractivity (Wildman–Crippen MR) is 85.4 cm³/mol. The van der Waals surface area contributed by atoms with Crippen LogP contribution in [-0.2, 0) is 6.42 Å². The monoisotopic (exact) mass is 278 g/mol. The van der Waals surface area contributed by atoms with E-state index in [2.05, 4.69) is 23.2 Å². The summed E-state index contributed by atoms with van der Waals surface area (Å²) in [5, 5.41) is 1.12. The van der Waals surface area contributed by atoms with Crippen molar-refractivity contribution in [3.8, 4) is 5.75 Å². The quantitative estimate of drug-likeness (QED) is 0.794. The molecule has 0 aliphatic carbocycles. The summed E-state index contributed by atoms with van der Waals surface area (Å²) in [6.45, 7) is 0. The van der Waals surface area contributed by atoms with Gasteiger partial charge in [0.05, 0.1) is 12.6 Å². The second-order valence-corrected chi connectivity index (χ2v) is 5.12. The minimum absolute atomic E-state index is 0.0748. The number of rotatable bonds is 4. The number of aromatic nitrogens is 1. The maximum absolute atomic E-state index is 6.33. The molecule has 0 aliphatic rings. The molecule has 0 fully saturated rings. The third-order valence-corrected chi connectivity index (χ3v) is 3.63. The first-order chi connectivity index (χ1) is 10.3. The van der Waals surface area contributed by atoms with Gasteiger partial charge in [0, 0.05) is 17.6 Å². The smallest absolute Gasteiger partial charge is 0.119 e. The zero-order valence-electron chi connectivity index (χ0n) is 12.0. The van der Waals surface area contributed by atoms with Gasteiger partial charge < -0.3 is 10.5 Å². The summed E-state index contributed by atoms with van der Waals surface area (Å²) in [6.07, 6.45) is 2.63. The van der Waals surface area contributed by atoms with Gasteiger partial charge in [-0.25, -0.2) is 0 Å². The molecule has 21 heavy (non-hydrogen) atoms. The van der Waals surface area contributed by atoms with Gasteiger partial charge in [0.2, 0.25) is 0 Å². The molecular formula is C18H18N2O. The van der Waals surface area contributed by atoms with Gasteiger partial charge in [-0.2, -0.15) is 0 Å². The molecule has 0 aliphatic heterocycles. The highest BCUT2D eigenvalue weighted by Gasteiger charge is 2.09. The van der Waals surface area contributed by atoms with Crippen molar-refractivity contribution in [3.63, 3.8) is 0 Å². The molecule has 1 aromatic heterocycles. The average molecular weight is 278 g/mol. The Hall–Kier alpha value is -2.39. The lowest BCUT2D eigenvalue weighted by molar-refractivity contribution is 0.414. The molecule has 106 valence electrons. The zero-order valence-corrected chi connectivity index (χ0v) is 12.0. The van der Waals surface area contributed by atoms with Crippen LogP contribution in [0.3, 0.4) is 0 Å². The number of nitrogens with zero attached hydrogens (tertiary/aromatic N) is 1. The lowest BCUT2D eigenvalue weighted by Gasteiger charge is -2.13. The van der Waals surface area contributed by atoms with Gasteiger partial charge in [-0.1, -0.05) is 30.3 Å². The van der Waals surface area contributed by atoms with Crippen LogP contribution in [-0.4, -0.2) is 12.1 Å². The molecule has 1 unspecified atom stereocenters. The number of hydrogen-bond donors (Lipinski definition) is 1. The van der Waals surface area contributed by atoms with Crippen LogP contribution >= 0.6 is 0 Å². The second kappa shape index (κ2) is 5.94. The molecule has 3 rings (SSSR count). The highest BCUT2D eigenvalue weighted by molar-refractivity contribution is 5.78. The van der Waals surface area contributed by atoms with Crippen LogP contribution in [0.25, 0.3) is 10.9 Å². The summed E-state index contributed by atoms with van der Waals surface area (Å²) in [7, 11) is 1.67. The van der Waals surface area contributed by atoms with E-state index in [1.54, 1.807) is 7.11 Å². The predicted octanol–water partition coefficient (Wildman–Crippen LogP) is 3.49. The molecule has 2 N–H and O–H groups in total. The third-order valence-electron chi connectivity index (χ3n) is 3.63. The first-order valence-corrected chi connectivity index (χ1v) is 6.99. The molecular weight excluding hydrogens is 260 g/mol. The van der Waals surface area contributed by atoms with Crippen LogP contribution < -0.4 is 10.5 Å². The minimum atomic E-state index is -0.0748. The van der Waals surface area contributed by atoms with Gasteiger partial charge in [-0.05, 0) is 41.8 Å². The topological polar surface area (TPSA) is 48.1 Å². The van der Waals surface area contributed by atoms with E-state index in [-0.39, 0.29) is 6.04 Å². The maximum atomic E-state index is 6.33. The minimum Gasteiger partial charge on any atom is -0.497 e. The van der Waals surface area contributed by atoms with Crippen LogP contribution in [0.5, 0.6) is 5.75 Å². The SMILES string of the molecule is COc1cccc(CC(N)c2cnc3ccccc3c2)c1. The summed E-state index contributed by atoms with van der Waals surface area (Å²) in [4.78, 5) is 4.47. The summed E-state index contributed by atoms with van der Waals surface area (Å²) in [5.74, 6) is 0.858. The van der Waals surface area contributed by atoms with E-state index in [4.69, 9.17) is 10.5 Å². The van der Waals surface area contributed by atoms with Crippen LogP contribution in [0.15, 0.2) is 60.8 Å². The third kappa shape index (κ3) is 3.03. The van der Waals surface area contributed by atoms with Gasteiger partial charge in [0.1, 0.15) is 5.75 Å². The highest BCUT2D eigenvalue weighted by Crippen LogP contribution is 2.21. The summed E-state index contributed by atoms with van der Waals surface area (Å²) in [6, 6.07) is 18.1. The zero-order chi connectivity index (χ0) is 14.7. The van der Waals surface area contributed by atoms with Gasteiger partial charge in [-0.15, -0.1) is 0 Å². The summed E-state index contributed by atoms with van der Waals surface area (Å²) < 4.78 is 5.25. The fraction of sp³-hybridized carbons (Fsp3) is 0.167. The van der Waals surface area contributed by atoms with Crippen LogP contribution in [0.2, 0.25) is 0 Å². The largest absolute Gasteiger partial charge is 0.497 e. The van der Waals surface area contributed by atoms with Crippen LogP contribution in [0, 0.1) is 0 Å². The van der Waals surface area contributed by atoms with Crippen molar-refractivity contribution in [3.05, 3.63) is 71.9 Å². The first-order valence-electron chi connectivity index (χ1n) is 6.99. The fourth-order valence-electron chi connectivity index (χ4n) is 2.46. The van der Waals surface area contributed by atoms with Crippen molar-refractivity contribution in [1.29, 1.82) is 0 Å². The first kappa shape index (κ1) is 13.6. The normalized spacial score (nSPS) is 12.3. The standard InChI is InChI=1S/C18H18N2O/c1-21-16-7-4-5-13(9-16)10-17(19)15-11-14-6-2-3-8-18(14)20-12-15/h2-9,11-12,17H,10,19H2,1H3. The Kier molecular flexibility index (Phi) is 3.84. The Morgan fingerprint density at radius 2 is 1.95 bits per heavy atom. The number of methoxy groups -OCH3 is 1. The van der Waals surface area contributed by atoms with Crippen molar-refractivity contribution >= 4 is 10.9 Å². The number of nitrogens with two attached hydrogens (primary N) is 1. The van der Waals surface area contributed by atoms with Crippen LogP contribution in [0.1, 0.15) is 17.2 Å². The number of para-hydroxylation sites is 1. The van der Waals surface area contributed by atoms with Crippen molar-refractivity contribution in [1.82, 2.24) is 4.98 Å². The second-order valence-electron chi connectivity index (χ2n) is 5.12. The molecule has 0 bridgehead atoms. The molecule has 0 saturated heterocycles. The van der Waals surface area contributed by atoms with Gasteiger partial charge in [-0.3, -0.25) is 4.98 Å². The van der Waals surface area contributed by atoms with E-state index in [9.17, 15) is 0 Å². The Labute approximate surface area is 124 Å². The molecule has 0 amide bonds. The van der Waals surface area contributed by atoms with Gasteiger partial charge in [0.25, 0.3) is 0 Å². The average Bonchev–Trinajstić information content (AvgIpc) is 2.54. The lowest BCUT2D eigenvalue weighted by Crippen LogP contribution is -2.13. The molecule has 1 heterocycles. The van der Waals surface area contributed by atoms with E-state index < -0.39 is 0 Å². The van der Waals surface area contributed by atoms with Crippen molar-refractivity contribution in [2.75, 3.05) is 7.11 Å². The number of benzene rings is 2. The number of fused-ring (bicyclic) bond motifs is 1. The summed E-state index contributed by atoms with van der Waals surface area (Å²) >= 11 is 0. The Bertz CT molecular complexity index is 755. The van der Waals surface area contributed by atoms with E-state index in [1.165, 1.54) is 0 Å². The fourth-order valence-corrected chi connectivity index (χ4v) is 2.46. The molecule has 1 atom stereocenters. The van der Waals surface area contributed by atoms with E-state index >= 15 is 0 Å². The number of pyridine rings is 1. The van der Waals surface area contributed by atoms with E-state index in [1.807, 2.05) is 42.6 Å². The highest BCUT2D eigenvalue weighted by atomic mass is 16.5. The molecule has 2 aromatic carbocycles. The van der Waals surface area contributed by atoms with Crippen molar-refractivity contribution in [2.24, 2.45) is 5.73 Å². The van der Waals surface area contributed by atoms with Gasteiger partial charge >= 0.3 is 0 Å². The van der Waals surface area contributed by atoms with Crippen molar-refractivity contribution < 1.29 is 4.74 Å². The maximum Gasteiger partial charge on any atom is 0.119 e. The number of hydrogen-bond acceptors (Lipinski definition) is 3.